The van der Waals surface area contributed by atoms with Crippen LogP contribution >= 0.6 is 0 Å². The normalized spacial score (nSPS) is 21.8. The van der Waals surface area contributed by atoms with Crippen molar-refractivity contribution >= 4 is 14.0 Å². The van der Waals surface area contributed by atoms with Gasteiger partial charge in [0.1, 0.15) is 6.23 Å². The second kappa shape index (κ2) is 6.52. The number of hydrogen-bond donors (Lipinski definition) is 1. The molecule has 4 heteroatoms. The third-order valence-electron chi connectivity index (χ3n) is 3.70. The summed E-state index contributed by atoms with van der Waals surface area (Å²) in [7, 11) is -1.16. The number of likely N-dealkylation sites (tertiary alicyclic amines) is 1. The van der Waals surface area contributed by atoms with Crippen molar-refractivity contribution in [2.75, 3.05) is 6.54 Å². The standard InChI is InChI=1S/C14H27NO2Si/c1-5-12(18(2,3)4)8-6-7-11-15-13(16)9-10-14(15)17/h5,13,16H,6-11H2,1-4H3/b12-5-. The maximum atomic E-state index is 11.5. The summed E-state index contributed by atoms with van der Waals surface area (Å²) in [5.74, 6) is 0.110. The molecule has 0 saturated carbocycles. The van der Waals surface area contributed by atoms with Gasteiger partial charge in [-0.1, -0.05) is 30.9 Å². The van der Waals surface area contributed by atoms with Gasteiger partial charge in [0, 0.05) is 19.4 Å². The van der Waals surface area contributed by atoms with E-state index in [1.165, 1.54) is 0 Å². The molecule has 0 radical (unpaired) electrons. The van der Waals surface area contributed by atoms with E-state index in [1.54, 1.807) is 10.1 Å². The Bertz CT molecular complexity index is 320. The molecule has 1 saturated heterocycles. The third-order valence-corrected chi connectivity index (χ3v) is 6.17. The number of allylic oxidation sites excluding steroid dienone is 2. The van der Waals surface area contributed by atoms with E-state index >= 15 is 0 Å². The SMILES string of the molecule is C/C=C(/CCCCN1C(=O)CCC1O)[Si](C)(C)C. The van der Waals surface area contributed by atoms with E-state index in [-0.39, 0.29) is 5.91 Å². The number of carbonyl (C=O) groups excluding carboxylic acids is 1. The summed E-state index contributed by atoms with van der Waals surface area (Å²) in [6.45, 7) is 9.95. The molecule has 0 spiro atoms. The smallest absolute Gasteiger partial charge is 0.224 e. The maximum Gasteiger partial charge on any atom is 0.224 e. The highest BCUT2D eigenvalue weighted by molar-refractivity contribution is 6.83. The first-order chi connectivity index (χ1) is 8.36. The van der Waals surface area contributed by atoms with Gasteiger partial charge in [-0.25, -0.2) is 0 Å². The average Bonchev–Trinajstić information content (AvgIpc) is 2.58. The first-order valence-electron chi connectivity index (χ1n) is 6.99. The molecule has 18 heavy (non-hydrogen) atoms. The van der Waals surface area contributed by atoms with Crippen LogP contribution < -0.4 is 0 Å². The first-order valence-corrected chi connectivity index (χ1v) is 10.5. The molecule has 1 fully saturated rings. The Morgan fingerprint density at radius 1 is 1.44 bits per heavy atom. The summed E-state index contributed by atoms with van der Waals surface area (Å²) in [5.41, 5.74) is 0. The van der Waals surface area contributed by atoms with Gasteiger partial charge in [0.05, 0.1) is 8.07 Å². The molecule has 0 bridgehead atoms. The van der Waals surface area contributed by atoms with Crippen molar-refractivity contribution in [3.8, 4) is 0 Å². The van der Waals surface area contributed by atoms with E-state index in [1.807, 2.05) is 0 Å². The predicted molar refractivity (Wildman–Crippen MR) is 77.9 cm³/mol. The minimum atomic E-state index is -1.16. The van der Waals surface area contributed by atoms with Gasteiger partial charge in [0.15, 0.2) is 0 Å². The summed E-state index contributed by atoms with van der Waals surface area (Å²) >= 11 is 0. The highest BCUT2D eigenvalue weighted by atomic mass is 28.3. The fourth-order valence-corrected chi connectivity index (χ4v) is 4.33. The Balaban J connectivity index is 2.29. The van der Waals surface area contributed by atoms with Crippen LogP contribution in [0.1, 0.15) is 39.0 Å². The van der Waals surface area contributed by atoms with E-state index in [0.717, 1.165) is 19.3 Å². The zero-order valence-electron chi connectivity index (χ0n) is 12.2. The lowest BCUT2D eigenvalue weighted by Gasteiger charge is -2.23. The van der Waals surface area contributed by atoms with Crippen LogP contribution in [0.5, 0.6) is 0 Å². The lowest BCUT2D eigenvalue weighted by atomic mass is 10.2. The molecular weight excluding hydrogens is 242 g/mol. The van der Waals surface area contributed by atoms with Crippen molar-refractivity contribution in [2.45, 2.75) is 64.9 Å². The summed E-state index contributed by atoms with van der Waals surface area (Å²) in [6.07, 6.45) is 6.09. The van der Waals surface area contributed by atoms with Crippen molar-refractivity contribution in [3.05, 3.63) is 11.3 Å². The van der Waals surface area contributed by atoms with Gasteiger partial charge in [-0.3, -0.25) is 4.79 Å². The molecule has 1 unspecified atom stereocenters. The van der Waals surface area contributed by atoms with Crippen LogP contribution in [-0.2, 0) is 4.79 Å². The molecule has 0 aromatic rings. The van der Waals surface area contributed by atoms with Crippen molar-refractivity contribution < 1.29 is 9.90 Å². The van der Waals surface area contributed by atoms with E-state index < -0.39 is 14.3 Å². The Morgan fingerprint density at radius 3 is 2.56 bits per heavy atom. The van der Waals surface area contributed by atoms with Crippen LogP contribution in [-0.4, -0.2) is 36.8 Å². The quantitative estimate of drug-likeness (QED) is 0.595. The number of aliphatic hydroxyl groups is 1. The second-order valence-corrected chi connectivity index (χ2v) is 11.3. The number of unbranched alkanes of at least 4 members (excludes halogenated alkanes) is 1. The second-order valence-electron chi connectivity index (χ2n) is 6.13. The Hall–Kier alpha value is -0.613. The summed E-state index contributed by atoms with van der Waals surface area (Å²) in [5, 5.41) is 11.3. The minimum absolute atomic E-state index is 0.110. The van der Waals surface area contributed by atoms with E-state index in [9.17, 15) is 9.90 Å². The van der Waals surface area contributed by atoms with Crippen molar-refractivity contribution in [1.29, 1.82) is 0 Å². The average molecular weight is 269 g/mol. The molecule has 0 aliphatic carbocycles. The fraction of sp³-hybridized carbons (Fsp3) is 0.786. The molecule has 0 aromatic heterocycles. The molecular formula is C14H27NO2Si. The Labute approximate surface area is 112 Å². The van der Waals surface area contributed by atoms with Crippen molar-refractivity contribution in [1.82, 2.24) is 4.90 Å². The Morgan fingerprint density at radius 2 is 2.11 bits per heavy atom. The van der Waals surface area contributed by atoms with Crippen molar-refractivity contribution in [3.63, 3.8) is 0 Å². The topological polar surface area (TPSA) is 40.5 Å². The lowest BCUT2D eigenvalue weighted by molar-refractivity contribution is -0.133. The molecule has 1 amide bonds. The largest absolute Gasteiger partial charge is 0.374 e. The molecule has 1 heterocycles. The lowest BCUT2D eigenvalue weighted by Crippen LogP contribution is -2.33. The predicted octanol–water partition coefficient (Wildman–Crippen LogP) is 2.92. The van der Waals surface area contributed by atoms with Gasteiger partial charge in [0.2, 0.25) is 5.91 Å². The molecule has 1 aliphatic rings. The maximum absolute atomic E-state index is 11.5. The van der Waals surface area contributed by atoms with Gasteiger partial charge in [-0.05, 0) is 26.2 Å². The number of aliphatic hydroxyl groups excluding tert-OH is 1. The van der Waals surface area contributed by atoms with Crippen LogP contribution in [0.4, 0.5) is 0 Å². The van der Waals surface area contributed by atoms with Gasteiger partial charge in [-0.15, -0.1) is 0 Å². The van der Waals surface area contributed by atoms with Gasteiger partial charge >= 0.3 is 0 Å². The van der Waals surface area contributed by atoms with E-state index in [4.69, 9.17) is 0 Å². The molecule has 1 N–H and O–H groups in total. The van der Waals surface area contributed by atoms with Crippen LogP contribution in [0.3, 0.4) is 0 Å². The van der Waals surface area contributed by atoms with Crippen LogP contribution in [0, 0.1) is 0 Å². The zero-order chi connectivity index (χ0) is 13.8. The first kappa shape index (κ1) is 15.4. The minimum Gasteiger partial charge on any atom is -0.374 e. The van der Waals surface area contributed by atoms with E-state index in [2.05, 4.69) is 32.6 Å². The molecule has 104 valence electrons. The van der Waals surface area contributed by atoms with Crippen LogP contribution in [0.25, 0.3) is 0 Å². The number of nitrogens with zero attached hydrogens (tertiary/aromatic N) is 1. The molecule has 1 rings (SSSR count). The molecule has 1 aliphatic heterocycles. The van der Waals surface area contributed by atoms with Crippen molar-refractivity contribution in [2.24, 2.45) is 0 Å². The molecule has 1 atom stereocenters. The highest BCUT2D eigenvalue weighted by Crippen LogP contribution is 2.21. The summed E-state index contributed by atoms with van der Waals surface area (Å²) < 4.78 is 0. The highest BCUT2D eigenvalue weighted by Gasteiger charge is 2.28. The fourth-order valence-electron chi connectivity index (χ4n) is 2.54. The molecule has 3 nitrogen and oxygen atoms in total. The molecule has 0 aromatic carbocycles. The third kappa shape index (κ3) is 4.25. The van der Waals surface area contributed by atoms with E-state index in [0.29, 0.717) is 19.4 Å². The van der Waals surface area contributed by atoms with Gasteiger partial charge in [-0.2, -0.15) is 0 Å². The Kier molecular flexibility index (Phi) is 5.60. The zero-order valence-corrected chi connectivity index (χ0v) is 13.2. The monoisotopic (exact) mass is 269 g/mol. The summed E-state index contributed by atoms with van der Waals surface area (Å²) in [6, 6.07) is 0. The number of hydrogen-bond acceptors (Lipinski definition) is 2. The summed E-state index contributed by atoms with van der Waals surface area (Å²) in [4.78, 5) is 13.1. The number of amides is 1. The number of rotatable bonds is 6. The van der Waals surface area contributed by atoms with Crippen LogP contribution in [0.2, 0.25) is 19.6 Å². The number of carbonyl (C=O) groups is 1. The van der Waals surface area contributed by atoms with Gasteiger partial charge < -0.3 is 10.0 Å². The van der Waals surface area contributed by atoms with Crippen LogP contribution in [0.15, 0.2) is 11.3 Å². The van der Waals surface area contributed by atoms with Gasteiger partial charge in [0.25, 0.3) is 0 Å².